The van der Waals surface area contributed by atoms with Crippen LogP contribution in [0.4, 0.5) is 11.4 Å². The molecule has 0 fully saturated rings. The lowest BCUT2D eigenvalue weighted by molar-refractivity contribution is -0.384. The molecule has 0 saturated carbocycles. The largest absolute Gasteiger partial charge is 0.325 e. The van der Waals surface area contributed by atoms with Crippen LogP contribution in [0.3, 0.4) is 0 Å². The molecule has 1 amide bonds. The van der Waals surface area contributed by atoms with Gasteiger partial charge in [-0.1, -0.05) is 6.07 Å². The highest BCUT2D eigenvalue weighted by atomic mass is 16.6. The van der Waals surface area contributed by atoms with Crippen LogP contribution in [0.15, 0.2) is 36.5 Å². The minimum absolute atomic E-state index is 0.142. The number of amides is 1. The highest BCUT2D eigenvalue weighted by Crippen LogP contribution is 2.25. The zero-order valence-corrected chi connectivity index (χ0v) is 11.4. The minimum atomic E-state index is -0.527. The van der Waals surface area contributed by atoms with E-state index in [9.17, 15) is 14.9 Å². The molecule has 0 bridgehead atoms. The van der Waals surface area contributed by atoms with Crippen LogP contribution in [0.1, 0.15) is 21.6 Å². The molecule has 0 spiro atoms. The fraction of sp³-hybridized carbons (Fsp3) is 0.143. The van der Waals surface area contributed by atoms with Crippen LogP contribution in [0, 0.1) is 17.0 Å². The Morgan fingerprint density at radius 1 is 1.38 bits per heavy atom. The van der Waals surface area contributed by atoms with Crippen LogP contribution in [-0.2, 0) is 6.54 Å². The van der Waals surface area contributed by atoms with E-state index in [0.29, 0.717) is 11.3 Å². The number of nitrogens with two attached hydrogens (primary N) is 1. The standard InChI is InChI=1S/C14H14N4O3/c1-9-2-3-12(13(6-9)18(20)21)17-14(19)10-4-5-16-11(7-10)8-15/h2-7H,8,15H2,1H3,(H,17,19). The van der Waals surface area contributed by atoms with Crippen LogP contribution < -0.4 is 11.1 Å². The predicted octanol–water partition coefficient (Wildman–Crippen LogP) is 2.01. The second-order valence-electron chi connectivity index (χ2n) is 4.47. The van der Waals surface area contributed by atoms with E-state index in [0.717, 1.165) is 5.56 Å². The summed E-state index contributed by atoms with van der Waals surface area (Å²) in [5.74, 6) is -0.445. The zero-order valence-electron chi connectivity index (χ0n) is 11.4. The molecule has 0 aliphatic heterocycles. The Balaban J connectivity index is 2.29. The monoisotopic (exact) mass is 286 g/mol. The van der Waals surface area contributed by atoms with E-state index >= 15 is 0 Å². The SMILES string of the molecule is Cc1ccc(NC(=O)c2ccnc(CN)c2)c([N+](=O)[O-])c1. The number of rotatable bonds is 4. The summed E-state index contributed by atoms with van der Waals surface area (Å²) >= 11 is 0. The average molecular weight is 286 g/mol. The van der Waals surface area contributed by atoms with Gasteiger partial charge in [0.15, 0.2) is 0 Å². The first-order chi connectivity index (χ1) is 10.0. The summed E-state index contributed by atoms with van der Waals surface area (Å²) in [4.78, 5) is 26.6. The molecule has 0 aliphatic rings. The van der Waals surface area contributed by atoms with Crippen molar-refractivity contribution in [2.45, 2.75) is 13.5 Å². The van der Waals surface area contributed by atoms with E-state index in [1.54, 1.807) is 19.1 Å². The molecule has 1 aromatic carbocycles. The summed E-state index contributed by atoms with van der Waals surface area (Å²) in [7, 11) is 0. The molecule has 0 saturated heterocycles. The second kappa shape index (κ2) is 6.10. The number of carbonyl (C=O) groups is 1. The van der Waals surface area contributed by atoms with E-state index in [4.69, 9.17) is 5.73 Å². The van der Waals surface area contributed by atoms with Crippen LogP contribution in [0.5, 0.6) is 0 Å². The first-order valence-corrected chi connectivity index (χ1v) is 6.22. The highest BCUT2D eigenvalue weighted by molar-refractivity contribution is 6.05. The number of nitro groups is 1. The van der Waals surface area contributed by atoms with E-state index in [1.165, 1.54) is 24.4 Å². The number of pyridine rings is 1. The molecule has 1 heterocycles. The maximum Gasteiger partial charge on any atom is 0.293 e. The van der Waals surface area contributed by atoms with Crippen molar-refractivity contribution in [2.24, 2.45) is 5.73 Å². The van der Waals surface area contributed by atoms with Gasteiger partial charge in [0, 0.05) is 24.4 Å². The number of benzene rings is 1. The molecule has 0 aliphatic carbocycles. The number of hydrogen-bond donors (Lipinski definition) is 2. The maximum absolute atomic E-state index is 12.1. The Bertz CT molecular complexity index is 700. The van der Waals surface area contributed by atoms with Crippen LogP contribution in [0.2, 0.25) is 0 Å². The van der Waals surface area contributed by atoms with Crippen molar-refractivity contribution < 1.29 is 9.72 Å². The number of hydrogen-bond acceptors (Lipinski definition) is 5. The molecule has 2 rings (SSSR count). The smallest absolute Gasteiger partial charge is 0.293 e. The van der Waals surface area contributed by atoms with E-state index in [1.807, 2.05) is 0 Å². The van der Waals surface area contributed by atoms with Crippen molar-refractivity contribution in [1.82, 2.24) is 4.98 Å². The first kappa shape index (κ1) is 14.6. The predicted molar refractivity (Wildman–Crippen MR) is 77.9 cm³/mol. The summed E-state index contributed by atoms with van der Waals surface area (Å²) in [6.07, 6.45) is 1.47. The first-order valence-electron chi connectivity index (χ1n) is 6.22. The van der Waals surface area contributed by atoms with Gasteiger partial charge in [-0.2, -0.15) is 0 Å². The summed E-state index contributed by atoms with van der Waals surface area (Å²) in [5, 5.41) is 13.6. The number of aryl methyl sites for hydroxylation is 1. The third-order valence-corrected chi connectivity index (χ3v) is 2.89. The van der Waals surface area contributed by atoms with Gasteiger partial charge in [-0.05, 0) is 30.7 Å². The van der Waals surface area contributed by atoms with Crippen LogP contribution >= 0.6 is 0 Å². The van der Waals surface area contributed by atoms with Gasteiger partial charge in [0.1, 0.15) is 5.69 Å². The van der Waals surface area contributed by atoms with Crippen LogP contribution in [-0.4, -0.2) is 15.8 Å². The third kappa shape index (κ3) is 3.40. The van der Waals surface area contributed by atoms with Crippen molar-refractivity contribution in [2.75, 3.05) is 5.32 Å². The van der Waals surface area contributed by atoms with Gasteiger partial charge >= 0.3 is 0 Å². The average Bonchev–Trinajstić information content (AvgIpc) is 2.48. The number of carbonyl (C=O) groups excluding carboxylic acids is 1. The van der Waals surface area contributed by atoms with Crippen molar-refractivity contribution in [3.63, 3.8) is 0 Å². The fourth-order valence-corrected chi connectivity index (χ4v) is 1.82. The van der Waals surface area contributed by atoms with Gasteiger partial charge in [0.2, 0.25) is 0 Å². The number of nitrogens with one attached hydrogen (secondary N) is 1. The molecule has 2 aromatic rings. The van der Waals surface area contributed by atoms with Crippen molar-refractivity contribution in [3.05, 3.63) is 63.5 Å². The van der Waals surface area contributed by atoms with Gasteiger partial charge in [-0.15, -0.1) is 0 Å². The molecule has 0 radical (unpaired) electrons. The molecule has 7 heteroatoms. The van der Waals surface area contributed by atoms with Crippen molar-refractivity contribution in [3.8, 4) is 0 Å². The molecular formula is C14H14N4O3. The Hall–Kier alpha value is -2.80. The second-order valence-corrected chi connectivity index (χ2v) is 4.47. The molecule has 1 aromatic heterocycles. The summed E-state index contributed by atoms with van der Waals surface area (Å²) < 4.78 is 0. The van der Waals surface area contributed by atoms with E-state index in [2.05, 4.69) is 10.3 Å². The van der Waals surface area contributed by atoms with E-state index < -0.39 is 10.8 Å². The van der Waals surface area contributed by atoms with Crippen LogP contribution in [0.25, 0.3) is 0 Å². The molecule has 3 N–H and O–H groups in total. The van der Waals surface area contributed by atoms with Gasteiger partial charge < -0.3 is 11.1 Å². The number of nitro benzene ring substituents is 1. The summed E-state index contributed by atoms with van der Waals surface area (Å²) in [6, 6.07) is 7.69. The quantitative estimate of drug-likeness (QED) is 0.659. The molecule has 108 valence electrons. The Morgan fingerprint density at radius 3 is 2.81 bits per heavy atom. The normalized spacial score (nSPS) is 10.2. The Kier molecular flexibility index (Phi) is 4.24. The maximum atomic E-state index is 12.1. The highest BCUT2D eigenvalue weighted by Gasteiger charge is 2.17. The minimum Gasteiger partial charge on any atom is -0.325 e. The number of anilines is 1. The topological polar surface area (TPSA) is 111 Å². The molecule has 7 nitrogen and oxygen atoms in total. The van der Waals surface area contributed by atoms with Gasteiger partial charge in [0.05, 0.1) is 10.6 Å². The fourth-order valence-electron chi connectivity index (χ4n) is 1.82. The number of nitrogens with zero attached hydrogens (tertiary/aromatic N) is 2. The lowest BCUT2D eigenvalue weighted by Crippen LogP contribution is -2.14. The lowest BCUT2D eigenvalue weighted by Gasteiger charge is -2.07. The molecule has 21 heavy (non-hydrogen) atoms. The van der Waals surface area contributed by atoms with Gasteiger partial charge in [-0.3, -0.25) is 19.9 Å². The van der Waals surface area contributed by atoms with Crippen molar-refractivity contribution in [1.29, 1.82) is 0 Å². The van der Waals surface area contributed by atoms with Crippen molar-refractivity contribution >= 4 is 17.3 Å². The van der Waals surface area contributed by atoms with Gasteiger partial charge in [0.25, 0.3) is 11.6 Å². The third-order valence-electron chi connectivity index (χ3n) is 2.89. The van der Waals surface area contributed by atoms with Gasteiger partial charge in [-0.25, -0.2) is 0 Å². The molecule has 0 unspecified atom stereocenters. The Labute approximate surface area is 121 Å². The Morgan fingerprint density at radius 2 is 2.14 bits per heavy atom. The lowest BCUT2D eigenvalue weighted by atomic mass is 10.1. The summed E-state index contributed by atoms with van der Waals surface area (Å²) in [6.45, 7) is 1.96. The number of aromatic nitrogens is 1. The summed E-state index contributed by atoms with van der Waals surface area (Å²) in [5.41, 5.74) is 7.14. The van der Waals surface area contributed by atoms with E-state index in [-0.39, 0.29) is 17.9 Å². The molecular weight excluding hydrogens is 272 g/mol. The zero-order chi connectivity index (χ0) is 15.4. The molecule has 0 atom stereocenters.